The summed E-state index contributed by atoms with van der Waals surface area (Å²) < 4.78 is 10.3. The van der Waals surface area contributed by atoms with Crippen LogP contribution in [0.1, 0.15) is 5.56 Å². The summed E-state index contributed by atoms with van der Waals surface area (Å²) in [5.41, 5.74) is 12.8. The van der Waals surface area contributed by atoms with Crippen LogP contribution < -0.4 is 16.8 Å². The standard InChI is InChI=1S/C21H28Cl2N4O4S2/c1-30-21(29)13-33-19(25)5-4-18(24)32-12-20(28)26-9-15-11-27(6-7-31-15)10-14-2-3-16(22)17(23)8-14/h2-5,8,15H,6-7,9-13,24-25H2,1H3,(H,26,28)/b18-4+,19-5+/t15-/m0/s1. The van der Waals surface area contributed by atoms with Gasteiger partial charge in [-0.05, 0) is 29.8 Å². The molecule has 1 amide bonds. The van der Waals surface area contributed by atoms with Crippen LogP contribution in [-0.2, 0) is 25.6 Å². The van der Waals surface area contributed by atoms with Crippen molar-refractivity contribution in [2.24, 2.45) is 11.5 Å². The zero-order chi connectivity index (χ0) is 24.2. The second kappa shape index (κ2) is 14.6. The summed E-state index contributed by atoms with van der Waals surface area (Å²) in [6.07, 6.45) is 3.09. The molecule has 1 fully saturated rings. The third-order valence-corrected chi connectivity index (χ3v) is 6.97. The largest absolute Gasteiger partial charge is 0.468 e. The number of thioether (sulfide) groups is 2. The second-order valence-corrected chi connectivity index (χ2v) is 9.98. The number of morpholine rings is 1. The van der Waals surface area contributed by atoms with E-state index in [2.05, 4.69) is 15.0 Å². The van der Waals surface area contributed by atoms with E-state index in [1.807, 2.05) is 12.1 Å². The number of carbonyl (C=O) groups excluding carboxylic acids is 2. The van der Waals surface area contributed by atoms with Crippen LogP contribution in [-0.4, -0.2) is 67.7 Å². The lowest BCUT2D eigenvalue weighted by Crippen LogP contribution is -2.47. The van der Waals surface area contributed by atoms with Crippen LogP contribution in [0, 0.1) is 0 Å². The number of rotatable bonds is 11. The van der Waals surface area contributed by atoms with Crippen molar-refractivity contribution < 1.29 is 19.1 Å². The fraction of sp³-hybridized carbons (Fsp3) is 0.429. The fourth-order valence-electron chi connectivity index (χ4n) is 2.83. The van der Waals surface area contributed by atoms with Gasteiger partial charge in [-0.3, -0.25) is 14.5 Å². The van der Waals surface area contributed by atoms with E-state index < -0.39 is 0 Å². The molecule has 2 rings (SSSR count). The van der Waals surface area contributed by atoms with E-state index in [4.69, 9.17) is 39.4 Å². The minimum absolute atomic E-state index is 0.0991. The molecule has 0 spiro atoms. The van der Waals surface area contributed by atoms with Gasteiger partial charge in [0.05, 0.1) is 51.4 Å². The lowest BCUT2D eigenvalue weighted by Gasteiger charge is -2.33. The molecule has 0 bridgehead atoms. The molecule has 12 heteroatoms. The smallest absolute Gasteiger partial charge is 0.316 e. The first-order valence-corrected chi connectivity index (χ1v) is 12.8. The van der Waals surface area contributed by atoms with Gasteiger partial charge in [-0.25, -0.2) is 0 Å². The molecule has 1 atom stereocenters. The third-order valence-electron chi connectivity index (χ3n) is 4.51. The van der Waals surface area contributed by atoms with Crippen LogP contribution in [0.15, 0.2) is 40.4 Å². The van der Waals surface area contributed by atoms with E-state index in [1.165, 1.54) is 18.9 Å². The average Bonchev–Trinajstić information content (AvgIpc) is 2.81. The maximum atomic E-state index is 12.2. The number of ether oxygens (including phenoxy) is 2. The van der Waals surface area contributed by atoms with Gasteiger partial charge in [0.25, 0.3) is 0 Å². The van der Waals surface area contributed by atoms with Crippen LogP contribution in [0.3, 0.4) is 0 Å². The van der Waals surface area contributed by atoms with Crippen molar-refractivity contribution in [1.82, 2.24) is 10.2 Å². The van der Waals surface area contributed by atoms with Crippen LogP contribution in [0.2, 0.25) is 10.0 Å². The summed E-state index contributed by atoms with van der Waals surface area (Å²) in [6, 6.07) is 5.61. The summed E-state index contributed by atoms with van der Waals surface area (Å²) >= 11 is 14.4. The summed E-state index contributed by atoms with van der Waals surface area (Å²) in [5, 5.41) is 4.82. The van der Waals surface area contributed by atoms with Gasteiger partial charge in [0.1, 0.15) is 0 Å². The summed E-state index contributed by atoms with van der Waals surface area (Å²) in [6.45, 7) is 3.24. The number of nitrogens with two attached hydrogens (primary N) is 2. The van der Waals surface area contributed by atoms with E-state index in [0.29, 0.717) is 39.8 Å². The van der Waals surface area contributed by atoms with E-state index in [9.17, 15) is 9.59 Å². The molecule has 8 nitrogen and oxygen atoms in total. The molecular formula is C21H28Cl2N4O4S2. The van der Waals surface area contributed by atoms with Crippen molar-refractivity contribution in [1.29, 1.82) is 0 Å². The van der Waals surface area contributed by atoms with E-state index in [0.717, 1.165) is 30.4 Å². The van der Waals surface area contributed by atoms with Gasteiger partial charge in [0.2, 0.25) is 5.91 Å². The number of nitrogens with zero attached hydrogens (tertiary/aromatic N) is 1. The minimum Gasteiger partial charge on any atom is -0.468 e. The number of nitrogens with one attached hydrogen (secondary N) is 1. The number of hydrogen-bond donors (Lipinski definition) is 3. The Balaban J connectivity index is 1.69. The molecule has 0 unspecified atom stereocenters. The van der Waals surface area contributed by atoms with Crippen LogP contribution in [0.4, 0.5) is 0 Å². The zero-order valence-electron chi connectivity index (χ0n) is 18.2. The molecule has 182 valence electrons. The molecule has 0 saturated carbocycles. The molecular weight excluding hydrogens is 507 g/mol. The first kappa shape index (κ1) is 27.7. The lowest BCUT2D eigenvalue weighted by atomic mass is 10.2. The van der Waals surface area contributed by atoms with Crippen molar-refractivity contribution in [3.8, 4) is 0 Å². The second-order valence-electron chi connectivity index (χ2n) is 7.07. The number of hydrogen-bond acceptors (Lipinski definition) is 9. The minimum atomic E-state index is -0.362. The normalized spacial score (nSPS) is 17.6. The summed E-state index contributed by atoms with van der Waals surface area (Å²) in [5.74, 6) is -0.209. The Morgan fingerprint density at radius 1 is 1.21 bits per heavy atom. The maximum absolute atomic E-state index is 12.2. The molecule has 1 heterocycles. The number of halogens is 2. The Morgan fingerprint density at radius 2 is 1.91 bits per heavy atom. The van der Waals surface area contributed by atoms with E-state index in [1.54, 1.807) is 18.2 Å². The highest BCUT2D eigenvalue weighted by atomic mass is 35.5. The number of methoxy groups -OCH3 is 1. The molecule has 0 aromatic heterocycles. The van der Waals surface area contributed by atoms with Crippen molar-refractivity contribution in [2.45, 2.75) is 12.6 Å². The molecule has 5 N–H and O–H groups in total. The van der Waals surface area contributed by atoms with Gasteiger partial charge in [-0.15, -0.1) is 0 Å². The third kappa shape index (κ3) is 10.9. The Hall–Kier alpha value is -1.56. The van der Waals surface area contributed by atoms with Crippen molar-refractivity contribution in [3.05, 3.63) is 56.0 Å². The number of amides is 1. The topological polar surface area (TPSA) is 120 Å². The summed E-state index contributed by atoms with van der Waals surface area (Å²) in [7, 11) is 1.32. The van der Waals surface area contributed by atoms with Gasteiger partial charge in [0.15, 0.2) is 0 Å². The van der Waals surface area contributed by atoms with Gasteiger partial charge in [-0.1, -0.05) is 52.8 Å². The quantitative estimate of drug-likeness (QED) is 0.290. The van der Waals surface area contributed by atoms with E-state index in [-0.39, 0.29) is 29.5 Å². The monoisotopic (exact) mass is 534 g/mol. The number of allylic oxidation sites excluding steroid dienone is 2. The molecule has 1 aromatic rings. The van der Waals surface area contributed by atoms with Gasteiger partial charge in [0, 0.05) is 26.2 Å². The van der Waals surface area contributed by atoms with Crippen molar-refractivity contribution in [2.75, 3.05) is 44.9 Å². The number of benzene rings is 1. The van der Waals surface area contributed by atoms with Crippen LogP contribution in [0.25, 0.3) is 0 Å². The predicted molar refractivity (Wildman–Crippen MR) is 136 cm³/mol. The Bertz CT molecular complexity index is 886. The Morgan fingerprint density at radius 3 is 2.58 bits per heavy atom. The van der Waals surface area contributed by atoms with Crippen molar-refractivity contribution in [3.63, 3.8) is 0 Å². The lowest BCUT2D eigenvalue weighted by molar-refractivity contribution is -0.137. The van der Waals surface area contributed by atoms with Gasteiger partial charge < -0.3 is 26.3 Å². The highest BCUT2D eigenvalue weighted by Crippen LogP contribution is 2.23. The zero-order valence-corrected chi connectivity index (χ0v) is 21.4. The predicted octanol–water partition coefficient (Wildman–Crippen LogP) is 2.55. The molecule has 0 aliphatic carbocycles. The Kier molecular flexibility index (Phi) is 12.3. The molecule has 1 aliphatic heterocycles. The molecule has 1 saturated heterocycles. The first-order chi connectivity index (χ1) is 15.8. The molecule has 1 aliphatic rings. The first-order valence-electron chi connectivity index (χ1n) is 10.1. The maximum Gasteiger partial charge on any atom is 0.316 e. The van der Waals surface area contributed by atoms with E-state index >= 15 is 0 Å². The van der Waals surface area contributed by atoms with Gasteiger partial charge >= 0.3 is 5.97 Å². The summed E-state index contributed by atoms with van der Waals surface area (Å²) in [4.78, 5) is 25.5. The molecule has 1 aromatic carbocycles. The molecule has 0 radical (unpaired) electrons. The van der Waals surface area contributed by atoms with Crippen LogP contribution in [0.5, 0.6) is 0 Å². The SMILES string of the molecule is COC(=O)CS/C(N)=C/C=C(\N)SCC(=O)NC[C@H]1CN(Cc2ccc(Cl)c(Cl)c2)CCO1. The van der Waals surface area contributed by atoms with Crippen molar-refractivity contribution >= 4 is 58.6 Å². The van der Waals surface area contributed by atoms with Crippen LogP contribution >= 0.6 is 46.7 Å². The number of carbonyl (C=O) groups is 2. The fourth-order valence-corrected chi connectivity index (χ4v) is 4.28. The molecule has 33 heavy (non-hydrogen) atoms. The highest BCUT2D eigenvalue weighted by Gasteiger charge is 2.21. The van der Waals surface area contributed by atoms with Gasteiger partial charge in [-0.2, -0.15) is 0 Å². The number of esters is 1. The average molecular weight is 536 g/mol. The Labute approximate surface area is 212 Å². The highest BCUT2D eigenvalue weighted by molar-refractivity contribution is 8.03.